The molecule has 0 aliphatic heterocycles. The third-order valence-electron chi connectivity index (χ3n) is 2.30. The zero-order valence-electron chi connectivity index (χ0n) is 9.12. The van der Waals surface area contributed by atoms with Gasteiger partial charge in [-0.1, -0.05) is 0 Å². The Balaban J connectivity index is 2.64. The van der Waals surface area contributed by atoms with Crippen molar-refractivity contribution in [1.29, 1.82) is 0 Å². The van der Waals surface area contributed by atoms with E-state index in [1.807, 2.05) is 0 Å². The van der Waals surface area contributed by atoms with E-state index < -0.39 is 9.05 Å². The zero-order valence-corrected chi connectivity index (χ0v) is 10.7. The lowest BCUT2D eigenvalue weighted by Gasteiger charge is -2.04. The molecule has 2 aromatic heterocycles. The molecule has 0 N–H and O–H groups in total. The van der Waals surface area contributed by atoms with Crippen LogP contribution < -0.4 is 0 Å². The van der Waals surface area contributed by atoms with Gasteiger partial charge >= 0.3 is 0 Å². The van der Waals surface area contributed by atoms with E-state index in [4.69, 9.17) is 10.7 Å². The van der Waals surface area contributed by atoms with E-state index in [0.29, 0.717) is 11.4 Å². The Morgan fingerprint density at radius 3 is 2.59 bits per heavy atom. The SMILES string of the molecule is Cc1ncccc1-c1nnc(S(=O)(=O)Cl)n1C. The highest BCUT2D eigenvalue weighted by Gasteiger charge is 2.21. The minimum Gasteiger partial charge on any atom is -0.300 e. The smallest absolute Gasteiger partial charge is 0.296 e. The summed E-state index contributed by atoms with van der Waals surface area (Å²) in [7, 11) is 2.88. The molecule has 2 rings (SSSR count). The topological polar surface area (TPSA) is 77.7 Å². The normalized spacial score (nSPS) is 11.7. The van der Waals surface area contributed by atoms with E-state index in [9.17, 15) is 8.42 Å². The Hall–Kier alpha value is -1.47. The van der Waals surface area contributed by atoms with E-state index in [2.05, 4.69) is 15.2 Å². The largest absolute Gasteiger partial charge is 0.300 e. The molecule has 0 unspecified atom stereocenters. The predicted octanol–water partition coefficient (Wildman–Crippen LogP) is 1.11. The summed E-state index contributed by atoms with van der Waals surface area (Å²) in [6, 6.07) is 3.53. The van der Waals surface area contributed by atoms with Crippen molar-refractivity contribution >= 4 is 19.7 Å². The van der Waals surface area contributed by atoms with Crippen LogP contribution in [0.15, 0.2) is 23.5 Å². The summed E-state index contributed by atoms with van der Waals surface area (Å²) in [4.78, 5) is 4.10. The molecule has 0 spiro atoms. The Morgan fingerprint density at radius 2 is 2.06 bits per heavy atom. The van der Waals surface area contributed by atoms with Crippen LogP contribution in [0, 0.1) is 6.92 Å². The molecular weight excluding hydrogens is 264 g/mol. The number of halogens is 1. The molecule has 90 valence electrons. The fourth-order valence-corrected chi connectivity index (χ4v) is 2.44. The Morgan fingerprint density at radius 1 is 1.35 bits per heavy atom. The average Bonchev–Trinajstić information content (AvgIpc) is 2.60. The molecule has 0 radical (unpaired) electrons. The molecule has 0 fully saturated rings. The minimum absolute atomic E-state index is 0.280. The van der Waals surface area contributed by atoms with Crippen LogP contribution >= 0.6 is 10.7 Å². The van der Waals surface area contributed by atoms with Gasteiger partial charge in [-0.2, -0.15) is 0 Å². The van der Waals surface area contributed by atoms with Crippen LogP contribution in [0.4, 0.5) is 0 Å². The number of hydrogen-bond donors (Lipinski definition) is 0. The first-order valence-electron chi connectivity index (χ1n) is 4.67. The molecule has 8 heteroatoms. The average molecular weight is 273 g/mol. The van der Waals surface area contributed by atoms with Gasteiger partial charge in [0.15, 0.2) is 5.82 Å². The Labute approximate surface area is 103 Å². The van der Waals surface area contributed by atoms with Gasteiger partial charge < -0.3 is 0 Å². The Bertz CT molecular complexity index is 665. The maximum absolute atomic E-state index is 11.2. The molecule has 0 aliphatic carbocycles. The lowest BCUT2D eigenvalue weighted by molar-refractivity contribution is 0.593. The second kappa shape index (κ2) is 4.08. The van der Waals surface area contributed by atoms with Gasteiger partial charge in [0.25, 0.3) is 14.2 Å². The maximum atomic E-state index is 11.2. The summed E-state index contributed by atoms with van der Waals surface area (Å²) >= 11 is 0. The van der Waals surface area contributed by atoms with E-state index in [-0.39, 0.29) is 5.16 Å². The molecule has 6 nitrogen and oxygen atoms in total. The van der Waals surface area contributed by atoms with Gasteiger partial charge in [-0.15, -0.1) is 10.2 Å². The molecule has 0 aliphatic rings. The molecule has 0 bridgehead atoms. The van der Waals surface area contributed by atoms with Crippen LogP contribution in [0.2, 0.25) is 0 Å². The minimum atomic E-state index is -3.89. The van der Waals surface area contributed by atoms with Gasteiger partial charge in [-0.3, -0.25) is 9.55 Å². The van der Waals surface area contributed by atoms with E-state index >= 15 is 0 Å². The zero-order chi connectivity index (χ0) is 12.6. The highest BCUT2D eigenvalue weighted by Crippen LogP contribution is 2.22. The second-order valence-electron chi connectivity index (χ2n) is 3.44. The third kappa shape index (κ3) is 2.16. The molecule has 2 aromatic rings. The third-order valence-corrected chi connectivity index (χ3v) is 3.51. The van der Waals surface area contributed by atoms with Crippen molar-refractivity contribution in [1.82, 2.24) is 19.7 Å². The number of aryl methyl sites for hydroxylation is 1. The standard InChI is InChI=1S/C9H9ClN4O2S/c1-6-7(4-3-5-11-6)8-12-13-9(14(8)2)17(10,15)16/h3-5H,1-2H3. The van der Waals surface area contributed by atoms with Crippen molar-refractivity contribution in [3.8, 4) is 11.4 Å². The van der Waals surface area contributed by atoms with Crippen molar-refractivity contribution in [2.75, 3.05) is 0 Å². The fourth-order valence-electron chi connectivity index (χ4n) is 1.48. The van der Waals surface area contributed by atoms with Crippen LogP contribution in [0.3, 0.4) is 0 Å². The quantitative estimate of drug-likeness (QED) is 0.766. The highest BCUT2D eigenvalue weighted by molar-refractivity contribution is 8.13. The van der Waals surface area contributed by atoms with E-state index in [1.54, 1.807) is 25.3 Å². The lowest BCUT2D eigenvalue weighted by atomic mass is 10.2. The van der Waals surface area contributed by atoms with Gasteiger partial charge in [0.1, 0.15) is 0 Å². The van der Waals surface area contributed by atoms with Crippen LogP contribution in [-0.4, -0.2) is 28.2 Å². The van der Waals surface area contributed by atoms with E-state index in [1.165, 1.54) is 11.6 Å². The first-order chi connectivity index (χ1) is 7.91. The molecular formula is C9H9ClN4O2S. The van der Waals surface area contributed by atoms with Gasteiger partial charge in [-0.05, 0) is 19.1 Å². The molecule has 0 aromatic carbocycles. The number of nitrogens with zero attached hydrogens (tertiary/aromatic N) is 4. The fraction of sp³-hybridized carbons (Fsp3) is 0.222. The summed E-state index contributed by atoms with van der Waals surface area (Å²) in [5, 5.41) is 7.11. The first kappa shape index (κ1) is 12.0. The molecule has 0 amide bonds. The first-order valence-corrected chi connectivity index (χ1v) is 6.98. The number of rotatable bonds is 2. The van der Waals surface area contributed by atoms with Crippen LogP contribution in [0.25, 0.3) is 11.4 Å². The molecule has 2 heterocycles. The molecule has 0 saturated heterocycles. The van der Waals surface area contributed by atoms with E-state index in [0.717, 1.165) is 5.69 Å². The molecule has 17 heavy (non-hydrogen) atoms. The van der Waals surface area contributed by atoms with Crippen molar-refractivity contribution in [3.63, 3.8) is 0 Å². The number of hydrogen-bond acceptors (Lipinski definition) is 5. The summed E-state index contributed by atoms with van der Waals surface area (Å²) in [6.45, 7) is 1.80. The van der Waals surface area contributed by atoms with Crippen molar-refractivity contribution < 1.29 is 8.42 Å². The van der Waals surface area contributed by atoms with Gasteiger partial charge in [0, 0.05) is 35.2 Å². The van der Waals surface area contributed by atoms with Crippen molar-refractivity contribution in [2.24, 2.45) is 7.05 Å². The van der Waals surface area contributed by atoms with Gasteiger partial charge in [0.2, 0.25) is 0 Å². The number of aromatic nitrogens is 4. The highest BCUT2D eigenvalue weighted by atomic mass is 35.7. The van der Waals surface area contributed by atoms with Crippen molar-refractivity contribution in [3.05, 3.63) is 24.0 Å². The monoisotopic (exact) mass is 272 g/mol. The Kier molecular flexibility index (Phi) is 2.88. The molecule has 0 saturated carbocycles. The molecule has 0 atom stereocenters. The van der Waals surface area contributed by atoms with Crippen molar-refractivity contribution in [2.45, 2.75) is 12.1 Å². The lowest BCUT2D eigenvalue weighted by Crippen LogP contribution is -2.03. The van der Waals surface area contributed by atoms with Gasteiger partial charge in [-0.25, -0.2) is 8.42 Å². The van der Waals surface area contributed by atoms with Crippen LogP contribution in [-0.2, 0) is 16.1 Å². The number of pyridine rings is 1. The summed E-state index contributed by atoms with van der Waals surface area (Å²) < 4.78 is 23.7. The van der Waals surface area contributed by atoms with Crippen LogP contribution in [0.1, 0.15) is 5.69 Å². The summed E-state index contributed by atoms with van der Waals surface area (Å²) in [6.07, 6.45) is 1.65. The van der Waals surface area contributed by atoms with Crippen LogP contribution in [0.5, 0.6) is 0 Å². The predicted molar refractivity (Wildman–Crippen MR) is 62.0 cm³/mol. The van der Waals surface area contributed by atoms with Gasteiger partial charge in [0.05, 0.1) is 0 Å². The summed E-state index contributed by atoms with van der Waals surface area (Å²) in [5.74, 6) is 0.412. The summed E-state index contributed by atoms with van der Waals surface area (Å²) in [5.41, 5.74) is 1.45. The second-order valence-corrected chi connectivity index (χ2v) is 5.90. The maximum Gasteiger partial charge on any atom is 0.296 e.